The first kappa shape index (κ1) is 11.9. The zero-order valence-corrected chi connectivity index (χ0v) is 12.4. The largest absolute Gasteiger partial charge is 0.399 e. The second kappa shape index (κ2) is 4.50. The molecule has 0 saturated carbocycles. The summed E-state index contributed by atoms with van der Waals surface area (Å²) in [5, 5.41) is 2.04. The minimum atomic E-state index is 0.0373. The number of thiophene rings is 2. The van der Waals surface area contributed by atoms with Gasteiger partial charge >= 0.3 is 0 Å². The van der Waals surface area contributed by atoms with Crippen LogP contribution in [0, 0.1) is 0 Å². The molecule has 0 unspecified atom stereocenters. The van der Waals surface area contributed by atoms with Crippen molar-refractivity contribution >= 4 is 59.5 Å². The summed E-state index contributed by atoms with van der Waals surface area (Å²) >= 11 is 6.57. The van der Waals surface area contributed by atoms with Crippen molar-refractivity contribution in [3.8, 4) is 0 Å². The van der Waals surface area contributed by atoms with Crippen LogP contribution in [0.4, 0.5) is 5.69 Å². The average Bonchev–Trinajstić information content (AvgIpc) is 2.87. The van der Waals surface area contributed by atoms with Crippen molar-refractivity contribution < 1.29 is 4.79 Å². The van der Waals surface area contributed by atoms with Crippen molar-refractivity contribution in [2.24, 2.45) is 0 Å². The predicted octanol–water partition coefficient (Wildman–Crippen LogP) is 4.54. The van der Waals surface area contributed by atoms with E-state index in [0.717, 1.165) is 18.7 Å². The summed E-state index contributed by atoms with van der Waals surface area (Å²) < 4.78 is 3.06. The van der Waals surface area contributed by atoms with E-state index in [1.807, 2.05) is 17.5 Å². The van der Waals surface area contributed by atoms with Crippen molar-refractivity contribution in [1.82, 2.24) is 0 Å². The standard InChI is InChI=1S/C13H8BrNOS2/c14-9-5-7(15)1-2-8(9)13(16)12-6-11-10(18-12)3-4-17-11/h1-6H,15H2. The van der Waals surface area contributed by atoms with Gasteiger partial charge in [-0.1, -0.05) is 0 Å². The highest BCUT2D eigenvalue weighted by atomic mass is 79.9. The number of halogens is 1. The normalized spacial score (nSPS) is 10.9. The Labute approximate surface area is 120 Å². The summed E-state index contributed by atoms with van der Waals surface area (Å²) in [5.41, 5.74) is 6.97. The van der Waals surface area contributed by atoms with Crippen LogP contribution in [0.3, 0.4) is 0 Å². The molecular weight excluding hydrogens is 330 g/mol. The monoisotopic (exact) mass is 337 g/mol. The van der Waals surface area contributed by atoms with Crippen LogP contribution in [0.15, 0.2) is 40.2 Å². The molecule has 2 N–H and O–H groups in total. The van der Waals surface area contributed by atoms with Gasteiger partial charge in [-0.25, -0.2) is 0 Å². The topological polar surface area (TPSA) is 43.1 Å². The smallest absolute Gasteiger partial charge is 0.204 e. The third-order valence-corrected chi connectivity index (χ3v) is 5.35. The van der Waals surface area contributed by atoms with Gasteiger partial charge in [0.05, 0.1) is 4.88 Å². The Morgan fingerprint density at radius 1 is 1.17 bits per heavy atom. The van der Waals surface area contributed by atoms with Crippen molar-refractivity contribution in [2.75, 3.05) is 5.73 Å². The molecule has 5 heteroatoms. The molecule has 0 aliphatic rings. The zero-order chi connectivity index (χ0) is 12.7. The summed E-state index contributed by atoms with van der Waals surface area (Å²) in [6.45, 7) is 0. The Hall–Kier alpha value is -1.17. The van der Waals surface area contributed by atoms with Gasteiger partial charge < -0.3 is 5.73 Å². The molecule has 3 rings (SSSR count). The van der Waals surface area contributed by atoms with E-state index in [-0.39, 0.29) is 5.78 Å². The molecule has 18 heavy (non-hydrogen) atoms. The zero-order valence-electron chi connectivity index (χ0n) is 9.14. The number of anilines is 1. The summed E-state index contributed by atoms with van der Waals surface area (Å²) in [7, 11) is 0. The molecule has 0 saturated heterocycles. The second-order valence-electron chi connectivity index (χ2n) is 3.83. The highest BCUT2D eigenvalue weighted by Crippen LogP contribution is 2.32. The first-order valence-corrected chi connectivity index (χ1v) is 7.71. The van der Waals surface area contributed by atoms with E-state index in [9.17, 15) is 4.79 Å². The van der Waals surface area contributed by atoms with E-state index in [0.29, 0.717) is 11.3 Å². The third kappa shape index (κ3) is 1.98. The van der Waals surface area contributed by atoms with E-state index in [1.165, 1.54) is 11.3 Å². The van der Waals surface area contributed by atoms with Gasteiger partial charge in [0, 0.05) is 25.1 Å². The number of benzene rings is 1. The van der Waals surface area contributed by atoms with E-state index in [1.54, 1.807) is 29.5 Å². The van der Waals surface area contributed by atoms with Crippen LogP contribution in [-0.2, 0) is 0 Å². The lowest BCUT2D eigenvalue weighted by Crippen LogP contribution is -2.00. The molecule has 2 aromatic heterocycles. The molecule has 0 atom stereocenters. The van der Waals surface area contributed by atoms with Crippen molar-refractivity contribution in [3.63, 3.8) is 0 Å². The van der Waals surface area contributed by atoms with Crippen LogP contribution in [0.1, 0.15) is 15.2 Å². The van der Waals surface area contributed by atoms with Crippen LogP contribution in [-0.4, -0.2) is 5.78 Å². The fraction of sp³-hybridized carbons (Fsp3) is 0. The van der Waals surface area contributed by atoms with Gasteiger partial charge in [-0.05, 0) is 51.6 Å². The minimum Gasteiger partial charge on any atom is -0.399 e. The highest BCUT2D eigenvalue weighted by Gasteiger charge is 2.15. The van der Waals surface area contributed by atoms with Crippen LogP contribution in [0.5, 0.6) is 0 Å². The highest BCUT2D eigenvalue weighted by molar-refractivity contribution is 9.10. The van der Waals surface area contributed by atoms with Crippen LogP contribution in [0.2, 0.25) is 0 Å². The number of ketones is 1. The molecule has 0 fully saturated rings. The maximum atomic E-state index is 12.4. The molecule has 0 amide bonds. The van der Waals surface area contributed by atoms with Crippen molar-refractivity contribution in [2.45, 2.75) is 0 Å². The Balaban J connectivity index is 2.06. The Bertz CT molecular complexity index is 716. The Kier molecular flexibility index (Phi) is 2.97. The molecule has 0 radical (unpaired) electrons. The fourth-order valence-electron chi connectivity index (χ4n) is 1.73. The van der Waals surface area contributed by atoms with Gasteiger partial charge in [0.2, 0.25) is 5.78 Å². The van der Waals surface area contributed by atoms with Crippen LogP contribution < -0.4 is 5.73 Å². The lowest BCUT2D eigenvalue weighted by atomic mass is 10.1. The molecule has 0 aliphatic carbocycles. The molecular formula is C13H8BrNOS2. The van der Waals surface area contributed by atoms with Gasteiger partial charge in [0.15, 0.2) is 0 Å². The summed E-state index contributed by atoms with van der Waals surface area (Å²) in [6, 6.07) is 9.25. The first-order chi connectivity index (χ1) is 8.65. The number of nitrogens with two attached hydrogens (primary N) is 1. The maximum Gasteiger partial charge on any atom is 0.204 e. The Morgan fingerprint density at radius 2 is 2.00 bits per heavy atom. The van der Waals surface area contributed by atoms with Gasteiger partial charge in [-0.2, -0.15) is 0 Å². The molecule has 0 aliphatic heterocycles. The molecule has 2 heterocycles. The number of carbonyl (C=O) groups is 1. The number of carbonyl (C=O) groups excluding carboxylic acids is 1. The number of hydrogen-bond donors (Lipinski definition) is 1. The Morgan fingerprint density at radius 3 is 2.72 bits per heavy atom. The summed E-state index contributed by atoms with van der Waals surface area (Å²) in [6.07, 6.45) is 0. The summed E-state index contributed by atoms with van der Waals surface area (Å²) in [4.78, 5) is 13.2. The molecule has 0 bridgehead atoms. The van der Waals surface area contributed by atoms with E-state index >= 15 is 0 Å². The summed E-state index contributed by atoms with van der Waals surface area (Å²) in [5.74, 6) is 0.0373. The van der Waals surface area contributed by atoms with Gasteiger partial charge in [0.1, 0.15) is 0 Å². The molecule has 1 aromatic carbocycles. The maximum absolute atomic E-state index is 12.4. The molecule has 3 aromatic rings. The first-order valence-electron chi connectivity index (χ1n) is 5.22. The average molecular weight is 338 g/mol. The van der Waals surface area contributed by atoms with Gasteiger partial charge in [-0.15, -0.1) is 22.7 Å². The SMILES string of the molecule is Nc1ccc(C(=O)c2cc3sccc3s2)c(Br)c1. The number of rotatable bonds is 2. The predicted molar refractivity (Wildman–Crippen MR) is 81.7 cm³/mol. The molecule has 90 valence electrons. The van der Waals surface area contributed by atoms with Gasteiger partial charge in [0.25, 0.3) is 0 Å². The third-order valence-electron chi connectivity index (χ3n) is 2.60. The van der Waals surface area contributed by atoms with Crippen LogP contribution >= 0.6 is 38.6 Å². The molecule has 0 spiro atoms. The molecule has 2 nitrogen and oxygen atoms in total. The quantitative estimate of drug-likeness (QED) is 0.551. The van der Waals surface area contributed by atoms with Gasteiger partial charge in [-0.3, -0.25) is 4.79 Å². The lowest BCUT2D eigenvalue weighted by molar-refractivity contribution is 0.104. The fourth-order valence-corrected chi connectivity index (χ4v) is 4.37. The lowest BCUT2D eigenvalue weighted by Gasteiger charge is -2.02. The van der Waals surface area contributed by atoms with E-state index in [4.69, 9.17) is 5.73 Å². The van der Waals surface area contributed by atoms with Crippen molar-refractivity contribution in [3.05, 3.63) is 50.6 Å². The number of nitrogen functional groups attached to an aromatic ring is 1. The van der Waals surface area contributed by atoms with Crippen LogP contribution in [0.25, 0.3) is 9.40 Å². The second-order valence-corrected chi connectivity index (χ2v) is 6.71. The number of hydrogen-bond acceptors (Lipinski definition) is 4. The van der Waals surface area contributed by atoms with Crippen molar-refractivity contribution in [1.29, 1.82) is 0 Å². The number of fused-ring (bicyclic) bond motifs is 1. The minimum absolute atomic E-state index is 0.0373. The van der Waals surface area contributed by atoms with E-state index < -0.39 is 0 Å². The van der Waals surface area contributed by atoms with E-state index in [2.05, 4.69) is 15.9 Å².